The molecule has 0 atom stereocenters. The summed E-state index contributed by atoms with van der Waals surface area (Å²) in [5.41, 5.74) is 8.32. The normalized spacial score (nSPS) is 10.3. The molecule has 0 spiro atoms. The highest BCUT2D eigenvalue weighted by atomic mass is 79.9. The molecule has 1 aromatic heterocycles. The van der Waals surface area contributed by atoms with E-state index in [1.165, 1.54) is 0 Å². The van der Waals surface area contributed by atoms with Crippen LogP contribution in [-0.2, 0) is 6.54 Å². The van der Waals surface area contributed by atoms with E-state index < -0.39 is 0 Å². The summed E-state index contributed by atoms with van der Waals surface area (Å²) in [4.78, 5) is 0.363. The average Bonchev–Trinajstić information content (AvgIpc) is 2.79. The molecule has 1 aromatic carbocycles. The molecule has 0 saturated carbocycles. The predicted octanol–water partition coefficient (Wildman–Crippen LogP) is 3.04. The number of rotatable bonds is 4. The number of hydrogen-bond donors (Lipinski definition) is 2. The third-order valence-corrected chi connectivity index (χ3v) is 3.20. The largest absolute Gasteiger partial charge is 0.389 e. The maximum Gasteiger partial charge on any atom is 0.106 e. The van der Waals surface area contributed by atoms with E-state index in [9.17, 15) is 0 Å². The van der Waals surface area contributed by atoms with E-state index in [1.807, 2.05) is 36.0 Å². The molecule has 0 aliphatic heterocycles. The first-order valence-corrected chi connectivity index (χ1v) is 6.69. The first-order valence-electron chi connectivity index (χ1n) is 5.49. The fourth-order valence-electron chi connectivity index (χ4n) is 1.59. The number of nitrogens with one attached hydrogen (secondary N) is 1. The Hall–Kier alpha value is -1.40. The minimum Gasteiger partial charge on any atom is -0.389 e. The highest BCUT2D eigenvalue weighted by Gasteiger charge is 2.07. The van der Waals surface area contributed by atoms with Crippen LogP contribution in [0.4, 0.5) is 11.4 Å². The molecule has 2 rings (SSSR count). The van der Waals surface area contributed by atoms with Crippen molar-refractivity contribution in [2.45, 2.75) is 13.5 Å². The zero-order chi connectivity index (χ0) is 13.1. The van der Waals surface area contributed by atoms with Crippen LogP contribution in [0.2, 0.25) is 0 Å². The van der Waals surface area contributed by atoms with Crippen molar-refractivity contribution in [2.24, 2.45) is 5.73 Å². The van der Waals surface area contributed by atoms with Crippen LogP contribution in [0.1, 0.15) is 12.5 Å². The van der Waals surface area contributed by atoms with Crippen LogP contribution < -0.4 is 11.1 Å². The van der Waals surface area contributed by atoms with Gasteiger partial charge in [0.15, 0.2) is 0 Å². The van der Waals surface area contributed by atoms with E-state index in [-0.39, 0.29) is 0 Å². The van der Waals surface area contributed by atoms with E-state index in [2.05, 4.69) is 26.3 Å². The maximum absolute atomic E-state index is 5.72. The number of anilines is 2. The molecule has 0 unspecified atom stereocenters. The van der Waals surface area contributed by atoms with E-state index in [0.717, 1.165) is 28.0 Å². The Morgan fingerprint density at radius 1 is 1.56 bits per heavy atom. The van der Waals surface area contributed by atoms with E-state index >= 15 is 0 Å². The van der Waals surface area contributed by atoms with Crippen molar-refractivity contribution in [2.75, 3.05) is 5.32 Å². The fourth-order valence-corrected chi connectivity index (χ4v) is 2.12. The molecule has 0 aliphatic carbocycles. The molecule has 6 heteroatoms. The summed E-state index contributed by atoms with van der Waals surface area (Å²) in [6, 6.07) is 5.77. The zero-order valence-corrected chi connectivity index (χ0v) is 12.3. The molecule has 0 amide bonds. The van der Waals surface area contributed by atoms with Crippen molar-refractivity contribution in [3.05, 3.63) is 40.6 Å². The van der Waals surface area contributed by atoms with Gasteiger partial charge in [-0.3, -0.25) is 4.68 Å². The lowest BCUT2D eigenvalue weighted by Crippen LogP contribution is -2.11. The number of aromatic nitrogens is 2. The molecule has 2 aromatic rings. The third kappa shape index (κ3) is 2.88. The van der Waals surface area contributed by atoms with Crippen molar-refractivity contribution in [1.82, 2.24) is 9.78 Å². The van der Waals surface area contributed by atoms with Gasteiger partial charge in [-0.1, -0.05) is 28.1 Å². The number of hydrogen-bond acceptors (Lipinski definition) is 3. The number of benzene rings is 1. The van der Waals surface area contributed by atoms with Crippen LogP contribution in [0.3, 0.4) is 0 Å². The Morgan fingerprint density at radius 2 is 2.33 bits per heavy atom. The van der Waals surface area contributed by atoms with Gasteiger partial charge < -0.3 is 11.1 Å². The SMILES string of the molecule is CCn1cc(Nc2ccc(Br)cc2C(N)=S)cn1. The second kappa shape index (κ2) is 5.49. The minimum absolute atomic E-state index is 0.363. The van der Waals surface area contributed by atoms with Gasteiger partial charge >= 0.3 is 0 Å². The van der Waals surface area contributed by atoms with Crippen molar-refractivity contribution >= 4 is 44.5 Å². The lowest BCUT2D eigenvalue weighted by Gasteiger charge is -2.10. The first kappa shape index (κ1) is 13.0. The van der Waals surface area contributed by atoms with Crippen LogP contribution >= 0.6 is 28.1 Å². The van der Waals surface area contributed by atoms with Crippen LogP contribution in [0, 0.1) is 0 Å². The summed E-state index contributed by atoms with van der Waals surface area (Å²) in [5.74, 6) is 0. The molecule has 0 radical (unpaired) electrons. The summed E-state index contributed by atoms with van der Waals surface area (Å²) in [5, 5.41) is 7.47. The Kier molecular flexibility index (Phi) is 3.98. The second-order valence-electron chi connectivity index (χ2n) is 3.76. The van der Waals surface area contributed by atoms with Crippen LogP contribution in [0.5, 0.6) is 0 Å². The van der Waals surface area contributed by atoms with Crippen molar-refractivity contribution in [3.63, 3.8) is 0 Å². The molecule has 3 N–H and O–H groups in total. The Morgan fingerprint density at radius 3 is 2.94 bits per heavy atom. The standard InChI is InChI=1S/C12H13BrN4S/c1-2-17-7-9(6-15-17)16-11-4-3-8(13)5-10(11)12(14)18/h3-7,16H,2H2,1H3,(H2,14,18). The highest BCUT2D eigenvalue weighted by molar-refractivity contribution is 9.10. The second-order valence-corrected chi connectivity index (χ2v) is 5.12. The maximum atomic E-state index is 5.72. The molecule has 4 nitrogen and oxygen atoms in total. The van der Waals surface area contributed by atoms with Gasteiger partial charge in [0.2, 0.25) is 0 Å². The average molecular weight is 325 g/mol. The van der Waals surface area contributed by atoms with E-state index in [0.29, 0.717) is 4.99 Å². The third-order valence-electron chi connectivity index (χ3n) is 2.48. The first-order chi connectivity index (χ1) is 8.60. The number of nitrogens with zero attached hydrogens (tertiary/aromatic N) is 2. The van der Waals surface area contributed by atoms with Gasteiger partial charge in [-0.25, -0.2) is 0 Å². The summed E-state index contributed by atoms with van der Waals surface area (Å²) in [7, 11) is 0. The van der Waals surface area contributed by atoms with Gasteiger partial charge in [0.25, 0.3) is 0 Å². The fraction of sp³-hybridized carbons (Fsp3) is 0.167. The van der Waals surface area contributed by atoms with Gasteiger partial charge in [-0.15, -0.1) is 0 Å². The molecule has 0 fully saturated rings. The van der Waals surface area contributed by atoms with Gasteiger partial charge in [0.1, 0.15) is 4.99 Å². The molecule has 18 heavy (non-hydrogen) atoms. The molecular formula is C12H13BrN4S. The van der Waals surface area contributed by atoms with Gasteiger partial charge in [0.05, 0.1) is 11.9 Å². The number of halogens is 1. The van der Waals surface area contributed by atoms with Crippen molar-refractivity contribution in [1.29, 1.82) is 0 Å². The molecule has 0 aliphatic rings. The molecule has 0 saturated heterocycles. The topological polar surface area (TPSA) is 55.9 Å². The smallest absolute Gasteiger partial charge is 0.106 e. The Labute approximate surface area is 119 Å². The quantitative estimate of drug-likeness (QED) is 0.849. The van der Waals surface area contributed by atoms with Crippen LogP contribution in [0.25, 0.3) is 0 Å². The summed E-state index contributed by atoms with van der Waals surface area (Å²) in [6.45, 7) is 2.88. The Bertz CT molecular complexity index is 579. The van der Waals surface area contributed by atoms with Crippen LogP contribution in [-0.4, -0.2) is 14.8 Å². The zero-order valence-electron chi connectivity index (χ0n) is 9.85. The van der Waals surface area contributed by atoms with E-state index in [1.54, 1.807) is 6.20 Å². The van der Waals surface area contributed by atoms with Gasteiger partial charge in [0, 0.05) is 28.5 Å². The minimum atomic E-state index is 0.363. The monoisotopic (exact) mass is 324 g/mol. The predicted molar refractivity (Wildman–Crippen MR) is 81.2 cm³/mol. The van der Waals surface area contributed by atoms with E-state index in [4.69, 9.17) is 18.0 Å². The lowest BCUT2D eigenvalue weighted by atomic mass is 10.2. The van der Waals surface area contributed by atoms with Gasteiger partial charge in [-0.05, 0) is 25.1 Å². The Balaban J connectivity index is 2.30. The summed E-state index contributed by atoms with van der Waals surface area (Å²) >= 11 is 8.46. The van der Waals surface area contributed by atoms with Crippen molar-refractivity contribution in [3.8, 4) is 0 Å². The van der Waals surface area contributed by atoms with Gasteiger partial charge in [-0.2, -0.15) is 5.10 Å². The molecule has 94 valence electrons. The molecular weight excluding hydrogens is 312 g/mol. The summed E-state index contributed by atoms with van der Waals surface area (Å²) in [6.07, 6.45) is 3.71. The van der Waals surface area contributed by atoms with Crippen molar-refractivity contribution < 1.29 is 0 Å². The summed E-state index contributed by atoms with van der Waals surface area (Å²) < 4.78 is 2.79. The lowest BCUT2D eigenvalue weighted by molar-refractivity contribution is 0.660. The number of nitrogens with two attached hydrogens (primary N) is 1. The molecule has 0 bridgehead atoms. The number of thiocarbonyl (C=S) groups is 1. The highest BCUT2D eigenvalue weighted by Crippen LogP contribution is 2.24. The van der Waals surface area contributed by atoms with Crippen LogP contribution in [0.15, 0.2) is 35.1 Å². The number of aryl methyl sites for hydroxylation is 1. The molecule has 1 heterocycles.